The Hall–Kier alpha value is -0.220. The lowest BCUT2D eigenvalue weighted by Gasteiger charge is -2.22. The minimum absolute atomic E-state index is 0.337. The molecule has 2 atom stereocenters. The molecule has 76 valence electrons. The fourth-order valence-electron chi connectivity index (χ4n) is 1.55. The van der Waals surface area contributed by atoms with Gasteiger partial charge in [0, 0.05) is 41.8 Å². The highest BCUT2D eigenvalue weighted by Crippen LogP contribution is 2.11. The van der Waals surface area contributed by atoms with Gasteiger partial charge in [-0.1, -0.05) is 0 Å². The summed E-state index contributed by atoms with van der Waals surface area (Å²) >= 11 is 0. The average molecular weight is 203 g/mol. The van der Waals surface area contributed by atoms with Gasteiger partial charge in [-0.2, -0.15) is 0 Å². The second-order valence-electron chi connectivity index (χ2n) is 3.67. The average Bonchev–Trinajstić information content (AvgIpc) is 2.47. The van der Waals surface area contributed by atoms with Crippen molar-refractivity contribution in [1.29, 1.82) is 0 Å². The number of hydrogen-bond donors (Lipinski definition) is 0. The predicted molar refractivity (Wildman–Crippen MR) is 54.2 cm³/mol. The maximum absolute atomic E-state index is 11.0. The van der Waals surface area contributed by atoms with E-state index >= 15 is 0 Å². The first-order valence-electron chi connectivity index (χ1n) is 4.65. The SMILES string of the molecule is CC(CCS(C)=O)N1CCC(=O)C1. The Morgan fingerprint density at radius 2 is 2.31 bits per heavy atom. The van der Waals surface area contributed by atoms with Gasteiger partial charge in [0.05, 0.1) is 6.54 Å². The first-order chi connectivity index (χ1) is 6.09. The number of likely N-dealkylation sites (tertiary alicyclic amines) is 1. The Kier molecular flexibility index (Phi) is 4.06. The highest BCUT2D eigenvalue weighted by atomic mass is 32.2. The van der Waals surface area contributed by atoms with Gasteiger partial charge in [0.2, 0.25) is 0 Å². The van der Waals surface area contributed by atoms with Crippen molar-refractivity contribution in [2.45, 2.75) is 25.8 Å². The first kappa shape index (κ1) is 10.9. The lowest BCUT2D eigenvalue weighted by molar-refractivity contribution is -0.117. The molecule has 4 heteroatoms. The van der Waals surface area contributed by atoms with Crippen LogP contribution in [0, 0.1) is 0 Å². The van der Waals surface area contributed by atoms with Crippen LogP contribution in [0.3, 0.4) is 0 Å². The van der Waals surface area contributed by atoms with Gasteiger partial charge < -0.3 is 0 Å². The number of Topliss-reactive ketones (excluding diaryl/α,β-unsaturated/α-hetero) is 1. The standard InChI is InChI=1S/C9H17NO2S/c1-8(4-6-13(2)12)10-5-3-9(11)7-10/h8H,3-7H2,1-2H3. The van der Waals surface area contributed by atoms with E-state index < -0.39 is 10.8 Å². The summed E-state index contributed by atoms with van der Waals surface area (Å²) in [4.78, 5) is 13.2. The van der Waals surface area contributed by atoms with Gasteiger partial charge in [0.25, 0.3) is 0 Å². The van der Waals surface area contributed by atoms with Crippen LogP contribution in [0.5, 0.6) is 0 Å². The molecule has 0 amide bonds. The van der Waals surface area contributed by atoms with Crippen LogP contribution in [-0.2, 0) is 15.6 Å². The van der Waals surface area contributed by atoms with E-state index in [0.717, 1.165) is 18.7 Å². The molecule has 1 heterocycles. The molecular weight excluding hydrogens is 186 g/mol. The molecule has 0 saturated carbocycles. The summed E-state index contributed by atoms with van der Waals surface area (Å²) in [7, 11) is -0.707. The normalized spacial score (nSPS) is 23.4. The van der Waals surface area contributed by atoms with Crippen LogP contribution < -0.4 is 0 Å². The van der Waals surface area contributed by atoms with Crippen molar-refractivity contribution in [3.8, 4) is 0 Å². The third-order valence-corrected chi connectivity index (χ3v) is 3.31. The Morgan fingerprint density at radius 1 is 1.62 bits per heavy atom. The van der Waals surface area contributed by atoms with Crippen molar-refractivity contribution >= 4 is 16.6 Å². The van der Waals surface area contributed by atoms with Crippen molar-refractivity contribution in [2.75, 3.05) is 25.1 Å². The molecule has 2 unspecified atom stereocenters. The van der Waals surface area contributed by atoms with Crippen LogP contribution >= 0.6 is 0 Å². The highest BCUT2D eigenvalue weighted by Gasteiger charge is 2.23. The zero-order valence-electron chi connectivity index (χ0n) is 8.28. The van der Waals surface area contributed by atoms with Gasteiger partial charge in [-0.15, -0.1) is 0 Å². The fourth-order valence-corrected chi connectivity index (χ4v) is 2.22. The molecule has 13 heavy (non-hydrogen) atoms. The Morgan fingerprint density at radius 3 is 2.77 bits per heavy atom. The number of hydrogen-bond acceptors (Lipinski definition) is 3. The molecule has 0 spiro atoms. The largest absolute Gasteiger partial charge is 0.298 e. The van der Waals surface area contributed by atoms with Crippen LogP contribution in [0.2, 0.25) is 0 Å². The number of ketones is 1. The molecule has 0 aromatic carbocycles. The van der Waals surface area contributed by atoms with E-state index in [2.05, 4.69) is 11.8 Å². The van der Waals surface area contributed by atoms with Gasteiger partial charge in [-0.3, -0.25) is 13.9 Å². The third-order valence-electron chi connectivity index (χ3n) is 2.50. The second-order valence-corrected chi connectivity index (χ2v) is 5.23. The highest BCUT2D eigenvalue weighted by molar-refractivity contribution is 7.84. The third kappa shape index (κ3) is 3.56. The Bertz CT molecular complexity index is 218. The van der Waals surface area contributed by atoms with Gasteiger partial charge in [0.15, 0.2) is 0 Å². The maximum atomic E-state index is 11.0. The summed E-state index contributed by atoms with van der Waals surface area (Å²) in [6.07, 6.45) is 3.35. The van der Waals surface area contributed by atoms with Gasteiger partial charge in [-0.25, -0.2) is 0 Å². The van der Waals surface area contributed by atoms with E-state index in [0.29, 0.717) is 24.8 Å². The summed E-state index contributed by atoms with van der Waals surface area (Å²) in [5, 5.41) is 0. The minimum atomic E-state index is -0.707. The summed E-state index contributed by atoms with van der Waals surface area (Å²) in [5.41, 5.74) is 0. The molecule has 0 N–H and O–H groups in total. The van der Waals surface area contributed by atoms with Gasteiger partial charge in [-0.05, 0) is 13.3 Å². The molecule has 1 saturated heterocycles. The van der Waals surface area contributed by atoms with E-state index in [-0.39, 0.29) is 0 Å². The van der Waals surface area contributed by atoms with Crippen molar-refractivity contribution in [1.82, 2.24) is 4.90 Å². The van der Waals surface area contributed by atoms with Gasteiger partial charge in [0.1, 0.15) is 5.78 Å². The molecule has 1 fully saturated rings. The number of nitrogens with zero attached hydrogens (tertiary/aromatic N) is 1. The monoisotopic (exact) mass is 203 g/mol. The molecule has 0 aliphatic carbocycles. The van der Waals surface area contributed by atoms with E-state index in [1.165, 1.54) is 0 Å². The predicted octanol–water partition coefficient (Wildman–Crippen LogP) is 0.418. The number of carbonyl (C=O) groups is 1. The first-order valence-corrected chi connectivity index (χ1v) is 6.38. The summed E-state index contributed by atoms with van der Waals surface area (Å²) < 4.78 is 10.9. The minimum Gasteiger partial charge on any atom is -0.298 e. The van der Waals surface area contributed by atoms with Crippen LogP contribution in [0.4, 0.5) is 0 Å². The topological polar surface area (TPSA) is 37.4 Å². The van der Waals surface area contributed by atoms with E-state index in [9.17, 15) is 9.00 Å². The molecule has 3 nitrogen and oxygen atoms in total. The summed E-state index contributed by atoms with van der Waals surface area (Å²) in [6, 6.07) is 0.398. The molecule has 1 aliphatic rings. The molecule has 1 aliphatic heterocycles. The van der Waals surface area contributed by atoms with Crippen LogP contribution in [0.25, 0.3) is 0 Å². The second kappa shape index (κ2) is 4.86. The number of rotatable bonds is 4. The molecule has 0 radical (unpaired) electrons. The lowest BCUT2D eigenvalue weighted by Crippen LogP contribution is -2.32. The van der Waals surface area contributed by atoms with Crippen LogP contribution in [0.1, 0.15) is 19.8 Å². The van der Waals surface area contributed by atoms with E-state index in [1.54, 1.807) is 6.26 Å². The molecule has 0 aromatic heterocycles. The molecule has 0 aromatic rings. The zero-order chi connectivity index (χ0) is 9.84. The Labute approximate surface area is 81.9 Å². The van der Waals surface area contributed by atoms with Crippen LogP contribution in [-0.4, -0.2) is 46.0 Å². The van der Waals surface area contributed by atoms with Crippen molar-refractivity contribution in [2.24, 2.45) is 0 Å². The van der Waals surface area contributed by atoms with Gasteiger partial charge >= 0.3 is 0 Å². The molecule has 1 rings (SSSR count). The van der Waals surface area contributed by atoms with Crippen LogP contribution in [0.15, 0.2) is 0 Å². The zero-order valence-corrected chi connectivity index (χ0v) is 9.10. The summed E-state index contributed by atoms with van der Waals surface area (Å²) in [5.74, 6) is 1.08. The number of carbonyl (C=O) groups excluding carboxylic acids is 1. The lowest BCUT2D eigenvalue weighted by atomic mass is 10.2. The van der Waals surface area contributed by atoms with E-state index in [4.69, 9.17) is 0 Å². The van der Waals surface area contributed by atoms with Crippen molar-refractivity contribution in [3.05, 3.63) is 0 Å². The summed E-state index contributed by atoms with van der Waals surface area (Å²) in [6.45, 7) is 3.58. The van der Waals surface area contributed by atoms with E-state index in [1.807, 2.05) is 0 Å². The molecule has 0 bridgehead atoms. The maximum Gasteiger partial charge on any atom is 0.148 e. The fraction of sp³-hybridized carbons (Fsp3) is 0.889. The van der Waals surface area contributed by atoms with Crippen molar-refractivity contribution < 1.29 is 9.00 Å². The quantitative estimate of drug-likeness (QED) is 0.664. The Balaban J connectivity index is 2.27. The van der Waals surface area contributed by atoms with Crippen molar-refractivity contribution in [3.63, 3.8) is 0 Å². The smallest absolute Gasteiger partial charge is 0.148 e. The molecular formula is C9H17NO2S.